The molecule has 2 unspecified atom stereocenters. The number of halogens is 6. The van der Waals surface area contributed by atoms with Crippen molar-refractivity contribution in [3.05, 3.63) is 34.9 Å². The van der Waals surface area contributed by atoms with E-state index in [0.717, 1.165) is 12.8 Å². The predicted molar refractivity (Wildman–Crippen MR) is 116 cm³/mol. The Labute approximate surface area is 200 Å². The van der Waals surface area contributed by atoms with Crippen LogP contribution in [0.25, 0.3) is 0 Å². The Bertz CT molecular complexity index is 857. The van der Waals surface area contributed by atoms with Gasteiger partial charge in [-0.05, 0) is 55.4 Å². The molecule has 1 aliphatic carbocycles. The maximum atomic E-state index is 13.3. The van der Waals surface area contributed by atoms with E-state index >= 15 is 0 Å². The first-order valence-corrected chi connectivity index (χ1v) is 11.7. The van der Waals surface area contributed by atoms with Crippen molar-refractivity contribution in [3.8, 4) is 0 Å². The largest absolute Gasteiger partial charge is 0.416 e. The van der Waals surface area contributed by atoms with Crippen LogP contribution in [-0.2, 0) is 33.2 Å². The summed E-state index contributed by atoms with van der Waals surface area (Å²) in [6.07, 6.45) is -7.41. The number of nitrogens with one attached hydrogen (secondary N) is 2. The monoisotopic (exact) mass is 510 g/mol. The molecule has 35 heavy (non-hydrogen) atoms. The second-order valence-corrected chi connectivity index (χ2v) is 9.76. The smallest absolute Gasteiger partial charge is 0.379 e. The van der Waals surface area contributed by atoms with Crippen molar-refractivity contribution in [2.75, 3.05) is 20.3 Å². The molecule has 4 atom stereocenters. The number of hydrogen-bond acceptors (Lipinski definition) is 4. The van der Waals surface area contributed by atoms with Crippen LogP contribution in [0.15, 0.2) is 18.2 Å². The van der Waals surface area contributed by atoms with Gasteiger partial charge in [-0.3, -0.25) is 4.79 Å². The molecule has 1 saturated carbocycles. The van der Waals surface area contributed by atoms with Crippen molar-refractivity contribution >= 4 is 5.91 Å². The van der Waals surface area contributed by atoms with Crippen LogP contribution in [0.5, 0.6) is 0 Å². The van der Waals surface area contributed by atoms with Crippen molar-refractivity contribution in [2.24, 2.45) is 11.3 Å². The fourth-order valence-corrected chi connectivity index (χ4v) is 5.13. The maximum Gasteiger partial charge on any atom is 0.416 e. The zero-order chi connectivity index (χ0) is 26.0. The Kier molecular flexibility index (Phi) is 8.43. The minimum Gasteiger partial charge on any atom is -0.379 e. The molecule has 1 heterocycles. The Morgan fingerprint density at radius 2 is 1.74 bits per heavy atom. The number of hydrogen-bond donors (Lipinski definition) is 2. The van der Waals surface area contributed by atoms with E-state index in [0.29, 0.717) is 38.2 Å². The van der Waals surface area contributed by atoms with Crippen LogP contribution in [0, 0.1) is 11.3 Å². The van der Waals surface area contributed by atoms with E-state index in [4.69, 9.17) is 9.47 Å². The van der Waals surface area contributed by atoms with Crippen LogP contribution in [0.4, 0.5) is 26.3 Å². The standard InChI is InChI=1S/C24H32F6N2O3/c1-14(2)22(6-4-18(11-22)32-19-5-7-35-13-20(19)34-3)21(33)31-12-15-8-16(23(25,26)27)10-17(9-15)24(28,29)30/h8-10,14,18-20,32H,4-7,11-13H2,1-3H3,(H,31,33)/t18-,19?,20?,22+/m1/s1. The molecule has 0 aromatic heterocycles. The molecule has 2 N–H and O–H groups in total. The summed E-state index contributed by atoms with van der Waals surface area (Å²) in [6, 6.07) is 1.49. The van der Waals surface area contributed by atoms with Gasteiger partial charge in [0.2, 0.25) is 5.91 Å². The molecule has 0 spiro atoms. The highest BCUT2D eigenvalue weighted by molar-refractivity contribution is 5.83. The lowest BCUT2D eigenvalue weighted by atomic mass is 9.74. The summed E-state index contributed by atoms with van der Waals surface area (Å²) >= 11 is 0. The second-order valence-electron chi connectivity index (χ2n) is 9.76. The molecule has 2 fully saturated rings. The van der Waals surface area contributed by atoms with E-state index in [9.17, 15) is 31.1 Å². The highest BCUT2D eigenvalue weighted by Gasteiger charge is 2.48. The normalized spacial score (nSPS) is 27.9. The first-order chi connectivity index (χ1) is 16.3. The fraction of sp³-hybridized carbons (Fsp3) is 0.708. The van der Waals surface area contributed by atoms with Gasteiger partial charge in [0.15, 0.2) is 0 Å². The summed E-state index contributed by atoms with van der Waals surface area (Å²) in [5, 5.41) is 6.19. The Hall–Kier alpha value is -1.85. The molecule has 11 heteroatoms. The number of ether oxygens (including phenoxy) is 2. The van der Waals surface area contributed by atoms with Crippen molar-refractivity contribution in [1.29, 1.82) is 0 Å². The molecule has 1 amide bonds. The third-order valence-electron chi connectivity index (χ3n) is 7.26. The molecule has 1 saturated heterocycles. The first-order valence-electron chi connectivity index (χ1n) is 11.7. The Morgan fingerprint density at radius 3 is 2.29 bits per heavy atom. The fourth-order valence-electron chi connectivity index (χ4n) is 5.13. The van der Waals surface area contributed by atoms with Crippen LogP contribution < -0.4 is 10.6 Å². The lowest BCUT2D eigenvalue weighted by molar-refractivity contribution is -0.143. The summed E-state index contributed by atoms with van der Waals surface area (Å²) in [5.41, 5.74) is -3.83. The van der Waals surface area contributed by atoms with Crippen LogP contribution >= 0.6 is 0 Å². The van der Waals surface area contributed by atoms with Gasteiger partial charge in [0.25, 0.3) is 0 Å². The minimum absolute atomic E-state index is 0.0364. The van der Waals surface area contributed by atoms with Crippen molar-refractivity contribution in [1.82, 2.24) is 10.6 Å². The highest BCUT2D eigenvalue weighted by Crippen LogP contribution is 2.45. The van der Waals surface area contributed by atoms with Gasteiger partial charge >= 0.3 is 12.4 Å². The third-order valence-corrected chi connectivity index (χ3v) is 7.26. The first kappa shape index (κ1) is 27.7. The Balaban J connectivity index is 1.72. The number of amides is 1. The Morgan fingerprint density at radius 1 is 1.11 bits per heavy atom. The molecule has 2 aliphatic rings. The van der Waals surface area contributed by atoms with Gasteiger partial charge in [-0.2, -0.15) is 26.3 Å². The zero-order valence-electron chi connectivity index (χ0n) is 20.0. The molecular weight excluding hydrogens is 478 g/mol. The molecular formula is C24H32F6N2O3. The van der Waals surface area contributed by atoms with Crippen molar-refractivity contribution in [3.63, 3.8) is 0 Å². The molecule has 1 aromatic rings. The molecule has 1 aliphatic heterocycles. The van der Waals surface area contributed by atoms with E-state index in [-0.39, 0.29) is 41.6 Å². The number of carbonyl (C=O) groups is 1. The van der Waals surface area contributed by atoms with Gasteiger partial charge in [-0.25, -0.2) is 0 Å². The van der Waals surface area contributed by atoms with Crippen LogP contribution in [0.3, 0.4) is 0 Å². The number of benzene rings is 1. The van der Waals surface area contributed by atoms with E-state index < -0.39 is 35.4 Å². The summed E-state index contributed by atoms with van der Waals surface area (Å²) in [4.78, 5) is 13.3. The molecule has 1 aromatic carbocycles. The van der Waals surface area contributed by atoms with Gasteiger partial charge in [0.05, 0.1) is 29.3 Å². The third kappa shape index (κ3) is 6.48. The molecule has 5 nitrogen and oxygen atoms in total. The van der Waals surface area contributed by atoms with Crippen molar-refractivity contribution < 1.29 is 40.6 Å². The lowest BCUT2D eigenvalue weighted by Gasteiger charge is -2.35. The second kappa shape index (κ2) is 10.6. The zero-order valence-corrected chi connectivity index (χ0v) is 20.0. The molecule has 0 bridgehead atoms. The highest BCUT2D eigenvalue weighted by atomic mass is 19.4. The lowest BCUT2D eigenvalue weighted by Crippen LogP contribution is -2.51. The van der Waals surface area contributed by atoms with Gasteiger partial charge in [0, 0.05) is 32.3 Å². The van der Waals surface area contributed by atoms with Gasteiger partial charge in [-0.15, -0.1) is 0 Å². The number of carbonyl (C=O) groups excluding carboxylic acids is 1. The van der Waals surface area contributed by atoms with E-state index in [1.165, 1.54) is 0 Å². The van der Waals surface area contributed by atoms with E-state index in [1.54, 1.807) is 7.11 Å². The number of alkyl halides is 6. The van der Waals surface area contributed by atoms with Crippen molar-refractivity contribution in [2.45, 2.75) is 76.6 Å². The number of rotatable bonds is 7. The van der Waals surface area contributed by atoms with Crippen LogP contribution in [0.1, 0.15) is 56.2 Å². The van der Waals surface area contributed by atoms with E-state index in [2.05, 4.69) is 10.6 Å². The van der Waals surface area contributed by atoms with Crippen LogP contribution in [0.2, 0.25) is 0 Å². The average Bonchev–Trinajstić information content (AvgIpc) is 3.22. The average molecular weight is 511 g/mol. The molecule has 0 radical (unpaired) electrons. The summed E-state index contributed by atoms with van der Waals surface area (Å²) in [5.74, 6) is -0.438. The predicted octanol–water partition coefficient (Wildman–Crippen LogP) is 4.93. The topological polar surface area (TPSA) is 59.6 Å². The van der Waals surface area contributed by atoms with Crippen LogP contribution in [-0.4, -0.2) is 44.4 Å². The maximum absolute atomic E-state index is 13.3. The van der Waals surface area contributed by atoms with Gasteiger partial charge < -0.3 is 20.1 Å². The molecule has 3 rings (SSSR count). The minimum atomic E-state index is -4.94. The molecule has 198 valence electrons. The van der Waals surface area contributed by atoms with Gasteiger partial charge in [-0.1, -0.05) is 13.8 Å². The summed E-state index contributed by atoms with van der Waals surface area (Å²) < 4.78 is 89.9. The summed E-state index contributed by atoms with van der Waals surface area (Å²) in [7, 11) is 1.62. The van der Waals surface area contributed by atoms with E-state index in [1.807, 2.05) is 13.8 Å². The summed E-state index contributed by atoms with van der Waals surface area (Å²) in [6.45, 7) is 4.47. The quantitative estimate of drug-likeness (QED) is 0.511. The van der Waals surface area contributed by atoms with Gasteiger partial charge in [0.1, 0.15) is 0 Å². The SMILES string of the molecule is COC1COCCC1N[C@@H]1CC[C@@](C(=O)NCc2cc(C(F)(F)F)cc(C(F)(F)F)c2)(C(C)C)C1. The number of methoxy groups -OCH3 is 1.